The van der Waals surface area contributed by atoms with Crippen molar-refractivity contribution in [3.05, 3.63) is 5.01 Å². The molecule has 1 atom stereocenters. The van der Waals surface area contributed by atoms with Crippen molar-refractivity contribution >= 4 is 28.5 Å². The third-order valence-corrected chi connectivity index (χ3v) is 2.50. The van der Waals surface area contributed by atoms with Crippen molar-refractivity contribution in [3.8, 4) is 0 Å². The van der Waals surface area contributed by atoms with Crippen LogP contribution in [0.1, 0.15) is 31.8 Å². The highest BCUT2D eigenvalue weighted by atomic mass is 32.1. The van der Waals surface area contributed by atoms with E-state index in [1.165, 1.54) is 0 Å². The number of hydrogen-bond donors (Lipinski definition) is 3. The standard InChI is InChI=1S/C9H14N4O4S/c1-9(2,3)17-8(16)11-7-13-12-5(18-7)4(10)6(14)15/h4H,10H2,1-3H3,(H,14,15)(H,11,13,16). The smallest absolute Gasteiger partial charge is 0.414 e. The lowest BCUT2D eigenvalue weighted by atomic mass is 10.2. The minimum absolute atomic E-state index is 0.105. The maximum Gasteiger partial charge on any atom is 0.414 e. The first-order valence-corrected chi connectivity index (χ1v) is 5.82. The number of nitrogens with one attached hydrogen (secondary N) is 1. The summed E-state index contributed by atoms with van der Waals surface area (Å²) in [6.45, 7) is 5.16. The molecule has 0 fully saturated rings. The van der Waals surface area contributed by atoms with Crippen LogP contribution < -0.4 is 11.1 Å². The van der Waals surface area contributed by atoms with Crippen molar-refractivity contribution < 1.29 is 19.4 Å². The van der Waals surface area contributed by atoms with E-state index in [1.807, 2.05) is 0 Å². The van der Waals surface area contributed by atoms with Gasteiger partial charge in [-0.3, -0.25) is 10.1 Å². The number of aromatic nitrogens is 2. The highest BCUT2D eigenvalue weighted by molar-refractivity contribution is 7.15. The number of nitrogens with zero attached hydrogens (tertiary/aromatic N) is 2. The van der Waals surface area contributed by atoms with Gasteiger partial charge in [0.15, 0.2) is 6.04 Å². The molecule has 0 aromatic carbocycles. The molecular weight excluding hydrogens is 260 g/mol. The molecule has 1 heterocycles. The first kappa shape index (κ1) is 14.3. The highest BCUT2D eigenvalue weighted by Gasteiger charge is 2.21. The molecule has 18 heavy (non-hydrogen) atoms. The molecule has 4 N–H and O–H groups in total. The van der Waals surface area contributed by atoms with E-state index >= 15 is 0 Å². The Morgan fingerprint density at radius 1 is 1.44 bits per heavy atom. The Balaban J connectivity index is 2.65. The van der Waals surface area contributed by atoms with Crippen LogP contribution >= 0.6 is 11.3 Å². The van der Waals surface area contributed by atoms with Crippen molar-refractivity contribution in [1.29, 1.82) is 0 Å². The number of aliphatic carboxylic acids is 1. The number of carbonyl (C=O) groups excluding carboxylic acids is 1. The Kier molecular flexibility index (Phi) is 4.19. The molecule has 8 nitrogen and oxygen atoms in total. The molecule has 1 rings (SSSR count). The number of carboxylic acids is 1. The first-order chi connectivity index (χ1) is 8.19. The molecular formula is C9H14N4O4S. The number of carboxylic acid groups (broad SMARTS) is 1. The van der Waals surface area contributed by atoms with Gasteiger partial charge < -0.3 is 15.6 Å². The number of hydrogen-bond acceptors (Lipinski definition) is 7. The van der Waals surface area contributed by atoms with Crippen LogP contribution in [0.25, 0.3) is 0 Å². The summed E-state index contributed by atoms with van der Waals surface area (Å²) in [5.41, 5.74) is 4.72. The number of nitrogens with two attached hydrogens (primary N) is 1. The normalized spacial score (nSPS) is 12.9. The van der Waals surface area contributed by atoms with E-state index in [-0.39, 0.29) is 10.1 Å². The van der Waals surface area contributed by atoms with Gasteiger partial charge in [-0.15, -0.1) is 10.2 Å². The van der Waals surface area contributed by atoms with Gasteiger partial charge in [-0.1, -0.05) is 11.3 Å². The molecule has 0 aliphatic carbocycles. The van der Waals surface area contributed by atoms with Gasteiger partial charge in [0.1, 0.15) is 10.6 Å². The SMILES string of the molecule is CC(C)(C)OC(=O)Nc1nnc(C(N)C(=O)O)s1. The van der Waals surface area contributed by atoms with Crippen molar-refractivity contribution in [2.45, 2.75) is 32.4 Å². The van der Waals surface area contributed by atoms with E-state index in [9.17, 15) is 9.59 Å². The Hall–Kier alpha value is -1.74. The zero-order valence-corrected chi connectivity index (χ0v) is 10.9. The van der Waals surface area contributed by atoms with Gasteiger partial charge in [0.25, 0.3) is 0 Å². The van der Waals surface area contributed by atoms with Gasteiger partial charge >= 0.3 is 12.1 Å². The summed E-state index contributed by atoms with van der Waals surface area (Å²) in [6, 6.07) is -1.25. The molecule has 0 aliphatic rings. The van der Waals surface area contributed by atoms with Crippen LogP contribution in [-0.2, 0) is 9.53 Å². The number of anilines is 1. The topological polar surface area (TPSA) is 127 Å². The van der Waals surface area contributed by atoms with E-state index in [1.54, 1.807) is 20.8 Å². The summed E-state index contributed by atoms with van der Waals surface area (Å²) < 4.78 is 5.00. The first-order valence-electron chi connectivity index (χ1n) is 5.01. The van der Waals surface area contributed by atoms with Crippen molar-refractivity contribution in [3.63, 3.8) is 0 Å². The molecule has 0 saturated heterocycles. The van der Waals surface area contributed by atoms with Crippen LogP contribution in [0.5, 0.6) is 0 Å². The van der Waals surface area contributed by atoms with E-state index < -0.39 is 23.7 Å². The van der Waals surface area contributed by atoms with Gasteiger partial charge in [0.05, 0.1) is 0 Å². The average molecular weight is 274 g/mol. The van der Waals surface area contributed by atoms with E-state index in [4.69, 9.17) is 15.6 Å². The fourth-order valence-corrected chi connectivity index (χ4v) is 1.63. The second kappa shape index (κ2) is 5.27. The minimum Gasteiger partial charge on any atom is -0.480 e. The van der Waals surface area contributed by atoms with Crippen molar-refractivity contribution in [2.24, 2.45) is 5.73 Å². The number of amides is 1. The maximum absolute atomic E-state index is 11.4. The second-order valence-electron chi connectivity index (χ2n) is 4.39. The fraction of sp³-hybridized carbons (Fsp3) is 0.556. The summed E-state index contributed by atoms with van der Waals surface area (Å²) in [6.07, 6.45) is -0.686. The molecule has 0 bridgehead atoms. The van der Waals surface area contributed by atoms with Crippen molar-refractivity contribution in [2.75, 3.05) is 5.32 Å². The Bertz CT molecular complexity index is 454. The molecule has 1 unspecified atom stereocenters. The van der Waals surface area contributed by atoms with Gasteiger partial charge in [-0.2, -0.15) is 0 Å². The number of ether oxygens (including phenoxy) is 1. The zero-order chi connectivity index (χ0) is 13.9. The molecule has 1 aromatic heterocycles. The maximum atomic E-state index is 11.4. The minimum atomic E-state index is -1.25. The lowest BCUT2D eigenvalue weighted by Crippen LogP contribution is -2.27. The van der Waals surface area contributed by atoms with E-state index in [0.717, 1.165) is 11.3 Å². The molecule has 1 aromatic rings. The van der Waals surface area contributed by atoms with Crippen LogP contribution in [0, 0.1) is 0 Å². The van der Waals surface area contributed by atoms with Gasteiger partial charge in [-0.05, 0) is 20.8 Å². The van der Waals surface area contributed by atoms with Gasteiger partial charge in [-0.25, -0.2) is 4.79 Å². The molecule has 0 saturated carbocycles. The predicted octanol–water partition coefficient (Wildman–Crippen LogP) is 0.969. The monoisotopic (exact) mass is 274 g/mol. The Labute approximate surface area is 107 Å². The van der Waals surface area contributed by atoms with Crippen molar-refractivity contribution in [1.82, 2.24) is 10.2 Å². The summed E-state index contributed by atoms with van der Waals surface area (Å²) >= 11 is 0.884. The van der Waals surface area contributed by atoms with Gasteiger partial charge in [0, 0.05) is 0 Å². The summed E-state index contributed by atoms with van der Waals surface area (Å²) in [7, 11) is 0. The third-order valence-electron chi connectivity index (χ3n) is 1.58. The highest BCUT2D eigenvalue weighted by Crippen LogP contribution is 2.21. The molecule has 0 aliphatic heterocycles. The average Bonchev–Trinajstić information content (AvgIpc) is 2.61. The second-order valence-corrected chi connectivity index (χ2v) is 5.40. The van der Waals surface area contributed by atoms with Gasteiger partial charge in [0.2, 0.25) is 5.13 Å². The summed E-state index contributed by atoms with van der Waals surface area (Å²) in [4.78, 5) is 22.0. The summed E-state index contributed by atoms with van der Waals surface area (Å²) in [5.74, 6) is -1.21. The van der Waals surface area contributed by atoms with Crippen LogP contribution in [0.3, 0.4) is 0 Å². The Morgan fingerprint density at radius 3 is 2.56 bits per heavy atom. The number of carbonyl (C=O) groups is 2. The van der Waals surface area contributed by atoms with E-state index in [0.29, 0.717) is 0 Å². The van der Waals surface area contributed by atoms with Crippen LogP contribution in [0.15, 0.2) is 0 Å². The molecule has 100 valence electrons. The van der Waals surface area contributed by atoms with Crippen LogP contribution in [0.4, 0.5) is 9.93 Å². The fourth-order valence-electron chi connectivity index (χ4n) is 0.907. The van der Waals surface area contributed by atoms with Crippen LogP contribution in [-0.4, -0.2) is 33.0 Å². The number of rotatable bonds is 3. The lowest BCUT2D eigenvalue weighted by Gasteiger charge is -2.18. The summed E-state index contributed by atoms with van der Waals surface area (Å²) in [5, 5.41) is 18.5. The lowest BCUT2D eigenvalue weighted by molar-refractivity contribution is -0.138. The van der Waals surface area contributed by atoms with Crippen LogP contribution in [0.2, 0.25) is 0 Å². The largest absolute Gasteiger partial charge is 0.480 e. The zero-order valence-electron chi connectivity index (χ0n) is 10.1. The molecule has 9 heteroatoms. The quantitative estimate of drug-likeness (QED) is 0.749. The predicted molar refractivity (Wildman–Crippen MR) is 64.3 cm³/mol. The molecule has 1 amide bonds. The van der Waals surface area contributed by atoms with E-state index in [2.05, 4.69) is 15.5 Å². The Morgan fingerprint density at radius 2 is 2.06 bits per heavy atom. The third kappa shape index (κ3) is 4.26. The molecule has 0 spiro atoms. The molecule has 0 radical (unpaired) electrons.